The Bertz CT molecular complexity index is 988. The van der Waals surface area contributed by atoms with Gasteiger partial charge in [-0.1, -0.05) is 6.58 Å². The third-order valence-electron chi connectivity index (χ3n) is 4.60. The van der Waals surface area contributed by atoms with E-state index in [2.05, 4.69) is 16.5 Å². The molecule has 1 aliphatic rings. The minimum atomic E-state index is -4.51. The van der Waals surface area contributed by atoms with Crippen LogP contribution in [0.25, 0.3) is 10.2 Å². The molecule has 0 bridgehead atoms. The fourth-order valence-electron chi connectivity index (χ4n) is 3.07. The summed E-state index contributed by atoms with van der Waals surface area (Å²) in [5.74, 6) is 0.500. The van der Waals surface area contributed by atoms with E-state index < -0.39 is 11.7 Å². The second-order valence-electron chi connectivity index (χ2n) is 6.54. The Morgan fingerprint density at radius 1 is 1.41 bits per heavy atom. The Morgan fingerprint density at radius 2 is 2.11 bits per heavy atom. The number of halogens is 3. The van der Waals surface area contributed by atoms with Crippen LogP contribution in [0.1, 0.15) is 29.1 Å². The van der Waals surface area contributed by atoms with Gasteiger partial charge in [-0.2, -0.15) is 13.2 Å². The van der Waals surface area contributed by atoms with Crippen LogP contribution < -0.4 is 5.56 Å². The standard InChI is InChI=1S/C18H20F3N3O2S/c1-9-11(3)27-16-14(9)15(25)22-13(23-16)8-24(4)17-12(6-5-7-26-17)10(2)18(19,20)21/h2,5-8H2,1,3-4H3,(H,22,23,25). The van der Waals surface area contributed by atoms with Gasteiger partial charge >= 0.3 is 6.18 Å². The van der Waals surface area contributed by atoms with E-state index in [-0.39, 0.29) is 30.0 Å². The molecule has 3 heterocycles. The van der Waals surface area contributed by atoms with E-state index in [1.165, 1.54) is 16.2 Å². The molecule has 0 radical (unpaired) electrons. The summed E-state index contributed by atoms with van der Waals surface area (Å²) in [6, 6.07) is 0. The smallest absolute Gasteiger partial charge is 0.416 e. The highest BCUT2D eigenvalue weighted by Crippen LogP contribution is 2.36. The van der Waals surface area contributed by atoms with Gasteiger partial charge in [0.2, 0.25) is 0 Å². The number of ether oxygens (including phenoxy) is 1. The number of aryl methyl sites for hydroxylation is 2. The van der Waals surface area contributed by atoms with E-state index in [0.717, 1.165) is 10.4 Å². The summed E-state index contributed by atoms with van der Waals surface area (Å²) >= 11 is 1.42. The highest BCUT2D eigenvalue weighted by atomic mass is 32.1. The maximum Gasteiger partial charge on any atom is 0.416 e. The number of hydrogen-bond acceptors (Lipinski definition) is 5. The number of thiophene rings is 1. The van der Waals surface area contributed by atoms with Crippen molar-refractivity contribution in [2.24, 2.45) is 0 Å². The van der Waals surface area contributed by atoms with Crippen molar-refractivity contribution in [3.63, 3.8) is 0 Å². The summed E-state index contributed by atoms with van der Waals surface area (Å²) in [6.07, 6.45) is -3.78. The minimum Gasteiger partial charge on any atom is -0.479 e. The minimum absolute atomic E-state index is 0.0440. The highest BCUT2D eigenvalue weighted by Gasteiger charge is 2.37. The first-order chi connectivity index (χ1) is 12.6. The molecular formula is C18H20F3N3O2S. The molecule has 5 nitrogen and oxygen atoms in total. The number of nitrogens with one attached hydrogen (secondary N) is 1. The molecule has 0 aromatic carbocycles. The molecule has 2 aromatic rings. The number of allylic oxidation sites excluding steroid dienone is 2. The van der Waals surface area contributed by atoms with Crippen molar-refractivity contribution < 1.29 is 17.9 Å². The zero-order valence-electron chi connectivity index (χ0n) is 15.3. The van der Waals surface area contributed by atoms with Gasteiger partial charge in [-0.25, -0.2) is 4.98 Å². The molecule has 0 saturated carbocycles. The Kier molecular flexibility index (Phi) is 5.07. The predicted molar refractivity (Wildman–Crippen MR) is 98.6 cm³/mol. The third kappa shape index (κ3) is 3.73. The highest BCUT2D eigenvalue weighted by molar-refractivity contribution is 7.18. The van der Waals surface area contributed by atoms with Crippen molar-refractivity contribution in [3.05, 3.63) is 50.2 Å². The van der Waals surface area contributed by atoms with E-state index in [1.54, 1.807) is 7.05 Å². The van der Waals surface area contributed by atoms with Gasteiger partial charge in [-0.15, -0.1) is 11.3 Å². The van der Waals surface area contributed by atoms with Crippen molar-refractivity contribution >= 4 is 21.6 Å². The Morgan fingerprint density at radius 3 is 2.78 bits per heavy atom. The van der Waals surface area contributed by atoms with Gasteiger partial charge < -0.3 is 14.6 Å². The van der Waals surface area contributed by atoms with Crippen LogP contribution in [-0.4, -0.2) is 34.7 Å². The molecule has 0 saturated heterocycles. The summed E-state index contributed by atoms with van der Waals surface area (Å²) in [4.78, 5) is 22.7. The van der Waals surface area contributed by atoms with E-state index in [1.807, 2.05) is 13.8 Å². The van der Waals surface area contributed by atoms with Gasteiger partial charge in [0.25, 0.3) is 5.56 Å². The summed E-state index contributed by atoms with van der Waals surface area (Å²) in [5, 5.41) is 0.558. The average molecular weight is 399 g/mol. The summed E-state index contributed by atoms with van der Waals surface area (Å²) in [6.45, 7) is 7.43. The first kappa shape index (κ1) is 19.5. The average Bonchev–Trinajstić information content (AvgIpc) is 2.87. The number of rotatable bonds is 4. The Labute approximate surface area is 158 Å². The number of hydrogen-bond donors (Lipinski definition) is 1. The summed E-state index contributed by atoms with van der Waals surface area (Å²) in [5.41, 5.74) is -0.206. The molecule has 9 heteroatoms. The number of alkyl halides is 3. The molecule has 0 aliphatic carbocycles. The van der Waals surface area contributed by atoms with Crippen molar-refractivity contribution in [2.45, 2.75) is 39.4 Å². The fourth-order valence-corrected chi connectivity index (χ4v) is 4.12. The second-order valence-corrected chi connectivity index (χ2v) is 7.75. The maximum absolute atomic E-state index is 13.1. The number of aromatic nitrogens is 2. The molecule has 1 aliphatic heterocycles. The Balaban J connectivity index is 1.95. The second kappa shape index (κ2) is 7.03. The SMILES string of the molecule is C=C(C1=C(N(C)Cc2nc3sc(C)c(C)c3c(=O)[nH]2)OCCC1)C(F)(F)F. The van der Waals surface area contributed by atoms with Crippen LogP contribution in [0.3, 0.4) is 0 Å². The van der Waals surface area contributed by atoms with Crippen LogP contribution in [0.15, 0.2) is 28.4 Å². The summed E-state index contributed by atoms with van der Waals surface area (Å²) < 4.78 is 44.8. The van der Waals surface area contributed by atoms with Gasteiger partial charge in [-0.3, -0.25) is 4.79 Å². The van der Waals surface area contributed by atoms with Crippen LogP contribution in [-0.2, 0) is 11.3 Å². The number of aromatic amines is 1. The van der Waals surface area contributed by atoms with Crippen LogP contribution in [0.4, 0.5) is 13.2 Å². The molecule has 0 fully saturated rings. The van der Waals surface area contributed by atoms with Gasteiger partial charge in [0.15, 0.2) is 5.88 Å². The lowest BCUT2D eigenvalue weighted by atomic mass is 10.0. The molecule has 0 atom stereocenters. The van der Waals surface area contributed by atoms with Crippen LogP contribution >= 0.6 is 11.3 Å². The van der Waals surface area contributed by atoms with Crippen molar-refractivity contribution in [1.29, 1.82) is 0 Å². The molecule has 0 amide bonds. The van der Waals surface area contributed by atoms with Crippen LogP contribution in [0.2, 0.25) is 0 Å². The van der Waals surface area contributed by atoms with E-state index in [9.17, 15) is 18.0 Å². The van der Waals surface area contributed by atoms with E-state index >= 15 is 0 Å². The summed E-state index contributed by atoms with van der Waals surface area (Å²) in [7, 11) is 1.61. The Hall–Kier alpha value is -2.29. The van der Waals surface area contributed by atoms with Gasteiger partial charge in [0.05, 0.1) is 24.1 Å². The van der Waals surface area contributed by atoms with E-state index in [4.69, 9.17) is 4.74 Å². The monoisotopic (exact) mass is 399 g/mol. The quantitative estimate of drug-likeness (QED) is 0.838. The first-order valence-electron chi connectivity index (χ1n) is 8.42. The number of H-pyrrole nitrogens is 1. The first-order valence-corrected chi connectivity index (χ1v) is 9.23. The van der Waals surface area contributed by atoms with E-state index in [0.29, 0.717) is 29.1 Å². The zero-order chi connectivity index (χ0) is 19.9. The lowest BCUT2D eigenvalue weighted by molar-refractivity contribution is -0.0905. The molecule has 146 valence electrons. The van der Waals surface area contributed by atoms with Gasteiger partial charge in [-0.05, 0) is 32.3 Å². The molecule has 2 aromatic heterocycles. The topological polar surface area (TPSA) is 58.2 Å². The van der Waals surface area contributed by atoms with Crippen molar-refractivity contribution in [3.8, 4) is 0 Å². The fraction of sp³-hybridized carbons (Fsp3) is 0.444. The molecule has 3 rings (SSSR count). The number of fused-ring (bicyclic) bond motifs is 1. The van der Waals surface area contributed by atoms with Crippen molar-refractivity contribution in [2.75, 3.05) is 13.7 Å². The molecule has 0 spiro atoms. The molecular weight excluding hydrogens is 379 g/mol. The molecule has 0 unspecified atom stereocenters. The third-order valence-corrected chi connectivity index (χ3v) is 5.70. The lowest BCUT2D eigenvalue weighted by Gasteiger charge is -2.30. The normalized spacial score (nSPS) is 15.2. The largest absolute Gasteiger partial charge is 0.479 e. The predicted octanol–water partition coefficient (Wildman–Crippen LogP) is 4.17. The molecule has 1 N–H and O–H groups in total. The maximum atomic E-state index is 13.1. The van der Waals surface area contributed by atoms with Gasteiger partial charge in [0.1, 0.15) is 10.7 Å². The van der Waals surface area contributed by atoms with Gasteiger partial charge in [0, 0.05) is 17.5 Å². The lowest BCUT2D eigenvalue weighted by Crippen LogP contribution is -2.28. The molecule has 27 heavy (non-hydrogen) atoms. The number of nitrogens with zero attached hydrogens (tertiary/aromatic N) is 2. The van der Waals surface area contributed by atoms with Crippen LogP contribution in [0.5, 0.6) is 0 Å². The van der Waals surface area contributed by atoms with Crippen LogP contribution in [0, 0.1) is 13.8 Å². The van der Waals surface area contributed by atoms with Crippen molar-refractivity contribution in [1.82, 2.24) is 14.9 Å². The zero-order valence-corrected chi connectivity index (χ0v) is 16.1.